The van der Waals surface area contributed by atoms with E-state index in [1.54, 1.807) is 33.1 Å². The van der Waals surface area contributed by atoms with Crippen LogP contribution in [0.15, 0.2) is 30.3 Å². The average molecular weight is 456 g/mol. The molecule has 2 aromatic rings. The lowest BCUT2D eigenvalue weighted by atomic mass is 9.94. The van der Waals surface area contributed by atoms with E-state index < -0.39 is 5.41 Å². The molecular formula is C25H28O8. The number of esters is 2. The lowest BCUT2D eigenvalue weighted by Gasteiger charge is -2.26. The highest BCUT2D eigenvalue weighted by molar-refractivity contribution is 5.94. The predicted octanol–water partition coefficient (Wildman–Crippen LogP) is 3.78. The van der Waals surface area contributed by atoms with Gasteiger partial charge in [-0.3, -0.25) is 4.79 Å². The number of hydrogen-bond donors (Lipinski definition) is 0. The van der Waals surface area contributed by atoms with Crippen molar-refractivity contribution < 1.29 is 38.0 Å². The van der Waals surface area contributed by atoms with Crippen LogP contribution in [0.4, 0.5) is 0 Å². The highest BCUT2D eigenvalue weighted by atomic mass is 16.6. The van der Waals surface area contributed by atoms with Crippen molar-refractivity contribution in [2.75, 3.05) is 34.0 Å². The molecule has 1 unspecified atom stereocenters. The Kier molecular flexibility index (Phi) is 6.47. The Hall–Kier alpha value is -3.26. The van der Waals surface area contributed by atoms with Crippen LogP contribution in [0.5, 0.6) is 17.2 Å². The Labute approximate surface area is 192 Å². The van der Waals surface area contributed by atoms with Gasteiger partial charge in [-0.1, -0.05) is 6.07 Å². The highest BCUT2D eigenvalue weighted by Gasteiger charge is 2.34. The van der Waals surface area contributed by atoms with Gasteiger partial charge in [0.25, 0.3) is 0 Å². The maximum Gasteiger partial charge on any atom is 0.338 e. The zero-order chi connectivity index (χ0) is 23.6. The molecule has 2 heterocycles. The summed E-state index contributed by atoms with van der Waals surface area (Å²) in [4.78, 5) is 24.6. The quantitative estimate of drug-likeness (QED) is 0.555. The zero-order valence-electron chi connectivity index (χ0n) is 19.3. The normalized spacial score (nSPS) is 17.3. The van der Waals surface area contributed by atoms with Crippen LogP contribution in [0.3, 0.4) is 0 Å². The molecule has 0 N–H and O–H groups in total. The van der Waals surface area contributed by atoms with Gasteiger partial charge in [-0.15, -0.1) is 0 Å². The van der Waals surface area contributed by atoms with Gasteiger partial charge in [0.2, 0.25) is 5.75 Å². The standard InChI is InChI=1S/C25H28O8/c1-25(2,24(27)33-17-9-10-30-13-17)14-32-21-18(7-8-20(28-3)22(21)29-4)15-5-6-19-16(11-15)12-31-23(19)26/h5-8,11,17H,9-10,12-14H2,1-4H3. The number of cyclic esters (lactones) is 1. The fraction of sp³-hybridized carbons (Fsp3) is 0.440. The smallest absolute Gasteiger partial charge is 0.338 e. The minimum atomic E-state index is -0.911. The summed E-state index contributed by atoms with van der Waals surface area (Å²) >= 11 is 0. The number of carbonyl (C=O) groups is 2. The van der Waals surface area contributed by atoms with Crippen LogP contribution < -0.4 is 14.2 Å². The molecule has 0 radical (unpaired) electrons. The van der Waals surface area contributed by atoms with E-state index in [4.69, 9.17) is 28.4 Å². The third kappa shape index (κ3) is 4.61. The van der Waals surface area contributed by atoms with Crippen molar-refractivity contribution >= 4 is 11.9 Å². The summed E-state index contributed by atoms with van der Waals surface area (Å²) in [5.74, 6) is 0.672. The SMILES string of the molecule is COc1ccc(-c2ccc3c(c2)COC3=O)c(OCC(C)(C)C(=O)OC2CCOC2)c1OC. The molecule has 33 heavy (non-hydrogen) atoms. The van der Waals surface area contributed by atoms with Gasteiger partial charge in [-0.2, -0.15) is 0 Å². The van der Waals surface area contributed by atoms with E-state index in [1.165, 1.54) is 7.11 Å². The lowest BCUT2D eigenvalue weighted by molar-refractivity contribution is -0.161. The Morgan fingerprint density at radius 3 is 2.58 bits per heavy atom. The second-order valence-corrected chi connectivity index (χ2v) is 8.69. The van der Waals surface area contributed by atoms with Crippen molar-refractivity contribution in [2.24, 2.45) is 5.41 Å². The van der Waals surface area contributed by atoms with Gasteiger partial charge in [0.05, 0.1) is 38.4 Å². The van der Waals surface area contributed by atoms with Gasteiger partial charge in [0.1, 0.15) is 19.3 Å². The van der Waals surface area contributed by atoms with Gasteiger partial charge in [-0.05, 0) is 43.7 Å². The third-order valence-corrected chi connectivity index (χ3v) is 5.79. The maximum atomic E-state index is 12.8. The van der Waals surface area contributed by atoms with Crippen LogP contribution in [0.25, 0.3) is 11.1 Å². The van der Waals surface area contributed by atoms with Crippen molar-refractivity contribution in [2.45, 2.75) is 33.0 Å². The Morgan fingerprint density at radius 2 is 1.88 bits per heavy atom. The first-order valence-electron chi connectivity index (χ1n) is 10.8. The van der Waals surface area contributed by atoms with Crippen LogP contribution in [-0.4, -0.2) is 52.1 Å². The molecule has 2 aliphatic rings. The van der Waals surface area contributed by atoms with E-state index in [9.17, 15) is 9.59 Å². The molecule has 1 atom stereocenters. The number of carbonyl (C=O) groups excluding carboxylic acids is 2. The van der Waals surface area contributed by atoms with E-state index >= 15 is 0 Å². The maximum absolute atomic E-state index is 12.8. The van der Waals surface area contributed by atoms with Crippen molar-refractivity contribution in [3.05, 3.63) is 41.5 Å². The number of rotatable bonds is 8. The molecule has 1 fully saturated rings. The molecule has 0 saturated carbocycles. The van der Waals surface area contributed by atoms with Gasteiger partial charge in [-0.25, -0.2) is 4.79 Å². The lowest BCUT2D eigenvalue weighted by Crippen LogP contribution is -2.35. The summed E-state index contributed by atoms with van der Waals surface area (Å²) in [5.41, 5.74) is 2.02. The van der Waals surface area contributed by atoms with E-state index in [-0.39, 0.29) is 31.3 Å². The molecule has 1 saturated heterocycles. The van der Waals surface area contributed by atoms with Gasteiger partial charge in [0, 0.05) is 17.5 Å². The predicted molar refractivity (Wildman–Crippen MR) is 119 cm³/mol. The molecule has 0 amide bonds. The minimum Gasteiger partial charge on any atom is -0.493 e. The molecule has 2 aromatic carbocycles. The van der Waals surface area contributed by atoms with Crippen LogP contribution in [0.2, 0.25) is 0 Å². The van der Waals surface area contributed by atoms with Crippen LogP contribution in [0, 0.1) is 5.41 Å². The summed E-state index contributed by atoms with van der Waals surface area (Å²) in [6.07, 6.45) is 0.469. The molecule has 4 rings (SSSR count). The molecule has 0 aromatic heterocycles. The Bertz CT molecular complexity index is 1050. The first kappa shape index (κ1) is 22.9. The van der Waals surface area contributed by atoms with Crippen molar-refractivity contribution in [1.82, 2.24) is 0 Å². The van der Waals surface area contributed by atoms with Crippen molar-refractivity contribution in [3.8, 4) is 28.4 Å². The summed E-state index contributed by atoms with van der Waals surface area (Å²) < 4.78 is 33.3. The largest absolute Gasteiger partial charge is 0.493 e. The first-order valence-corrected chi connectivity index (χ1v) is 10.8. The average Bonchev–Trinajstić information content (AvgIpc) is 3.46. The molecule has 176 valence electrons. The van der Waals surface area contributed by atoms with E-state index in [1.807, 2.05) is 18.2 Å². The summed E-state index contributed by atoms with van der Waals surface area (Å²) in [5, 5.41) is 0. The van der Waals surface area contributed by atoms with Gasteiger partial charge >= 0.3 is 11.9 Å². The van der Waals surface area contributed by atoms with Crippen molar-refractivity contribution in [3.63, 3.8) is 0 Å². The second kappa shape index (κ2) is 9.31. The fourth-order valence-electron chi connectivity index (χ4n) is 3.80. The van der Waals surface area contributed by atoms with Crippen molar-refractivity contribution in [1.29, 1.82) is 0 Å². The van der Waals surface area contributed by atoms with Crippen LogP contribution in [0.1, 0.15) is 36.2 Å². The number of hydrogen-bond acceptors (Lipinski definition) is 8. The Balaban J connectivity index is 1.63. The molecule has 8 heteroatoms. The molecular weight excluding hydrogens is 428 g/mol. The zero-order valence-corrected chi connectivity index (χ0v) is 19.3. The molecule has 0 aliphatic carbocycles. The van der Waals surface area contributed by atoms with E-state index in [0.717, 1.165) is 16.7 Å². The van der Waals surface area contributed by atoms with Crippen LogP contribution in [-0.2, 0) is 25.6 Å². The first-order chi connectivity index (χ1) is 15.8. The third-order valence-electron chi connectivity index (χ3n) is 5.79. The molecule has 2 aliphatic heterocycles. The number of fused-ring (bicyclic) bond motifs is 1. The number of benzene rings is 2. The highest BCUT2D eigenvalue weighted by Crippen LogP contribution is 2.45. The van der Waals surface area contributed by atoms with Gasteiger partial charge in [0.15, 0.2) is 11.5 Å². The summed E-state index contributed by atoms with van der Waals surface area (Å²) in [6.45, 7) is 4.85. The number of ether oxygens (including phenoxy) is 6. The van der Waals surface area contributed by atoms with Gasteiger partial charge < -0.3 is 28.4 Å². The van der Waals surface area contributed by atoms with Crippen LogP contribution >= 0.6 is 0 Å². The van der Waals surface area contributed by atoms with E-state index in [2.05, 4.69) is 0 Å². The molecule has 0 spiro atoms. The second-order valence-electron chi connectivity index (χ2n) is 8.69. The molecule has 0 bridgehead atoms. The Morgan fingerprint density at radius 1 is 1.09 bits per heavy atom. The van der Waals surface area contributed by atoms with E-state index in [0.29, 0.717) is 42.4 Å². The molecule has 8 nitrogen and oxygen atoms in total. The minimum absolute atomic E-state index is 0.0580. The number of methoxy groups -OCH3 is 2. The monoisotopic (exact) mass is 456 g/mol. The topological polar surface area (TPSA) is 89.5 Å². The fourth-order valence-corrected chi connectivity index (χ4v) is 3.80. The summed E-state index contributed by atoms with van der Waals surface area (Å²) in [6, 6.07) is 9.12. The summed E-state index contributed by atoms with van der Waals surface area (Å²) in [7, 11) is 3.08.